The van der Waals surface area contributed by atoms with Crippen LogP contribution in [0, 0.1) is 6.92 Å². The van der Waals surface area contributed by atoms with E-state index in [0.29, 0.717) is 6.04 Å². The zero-order valence-corrected chi connectivity index (χ0v) is 11.3. The van der Waals surface area contributed by atoms with Gasteiger partial charge in [-0.15, -0.1) is 11.3 Å². The monoisotopic (exact) mass is 242 g/mol. The summed E-state index contributed by atoms with van der Waals surface area (Å²) in [5, 5.41) is 6.77. The Bertz CT molecular complexity index is 288. The molecule has 1 atom stereocenters. The molecule has 1 aromatic rings. The van der Waals surface area contributed by atoms with Crippen LogP contribution in [-0.4, -0.2) is 25.2 Å². The number of thiazole rings is 1. The lowest BCUT2D eigenvalue weighted by Crippen LogP contribution is -2.20. The average molecular weight is 242 g/mol. The molecule has 0 saturated heterocycles. The molecule has 1 N–H and O–H groups in total. The molecule has 1 unspecified atom stereocenters. The number of ether oxygens (including phenoxy) is 1. The number of unbranched alkanes of at least 4 members (excludes halogenated alkanes) is 2. The summed E-state index contributed by atoms with van der Waals surface area (Å²) in [5.74, 6) is 0. The van der Waals surface area contributed by atoms with Crippen molar-refractivity contribution in [2.45, 2.75) is 39.2 Å². The smallest absolute Gasteiger partial charge is 0.0898 e. The molecule has 0 bridgehead atoms. The molecular weight excluding hydrogens is 220 g/mol. The number of nitrogens with one attached hydrogen (secondary N) is 1. The van der Waals surface area contributed by atoms with Crippen molar-refractivity contribution < 1.29 is 4.74 Å². The maximum atomic E-state index is 5.01. The maximum absolute atomic E-state index is 5.01. The fourth-order valence-electron chi connectivity index (χ4n) is 1.55. The third-order valence-corrected chi connectivity index (χ3v) is 3.35. The Morgan fingerprint density at radius 2 is 2.25 bits per heavy atom. The van der Waals surface area contributed by atoms with Crippen molar-refractivity contribution >= 4 is 11.3 Å². The first-order chi connectivity index (χ1) is 7.74. The van der Waals surface area contributed by atoms with Crippen LogP contribution in [0.15, 0.2) is 5.38 Å². The van der Waals surface area contributed by atoms with Crippen LogP contribution in [-0.2, 0) is 4.74 Å². The minimum atomic E-state index is 0.368. The van der Waals surface area contributed by atoms with Gasteiger partial charge in [0.15, 0.2) is 0 Å². The third kappa shape index (κ3) is 5.05. The van der Waals surface area contributed by atoms with Gasteiger partial charge in [-0.25, -0.2) is 4.98 Å². The molecule has 0 saturated carbocycles. The lowest BCUT2D eigenvalue weighted by atomic mass is 10.2. The normalized spacial score (nSPS) is 12.9. The van der Waals surface area contributed by atoms with E-state index in [0.717, 1.165) is 24.6 Å². The number of rotatable bonds is 8. The van der Waals surface area contributed by atoms with Crippen molar-refractivity contribution in [1.82, 2.24) is 10.3 Å². The maximum Gasteiger partial charge on any atom is 0.0898 e. The van der Waals surface area contributed by atoms with Gasteiger partial charge >= 0.3 is 0 Å². The lowest BCUT2D eigenvalue weighted by molar-refractivity contribution is 0.192. The third-order valence-electron chi connectivity index (χ3n) is 2.56. The average Bonchev–Trinajstić information content (AvgIpc) is 2.70. The summed E-state index contributed by atoms with van der Waals surface area (Å²) in [5.41, 5.74) is 1.17. The predicted molar refractivity (Wildman–Crippen MR) is 69.0 cm³/mol. The predicted octanol–water partition coefficient (Wildman–Crippen LogP) is 2.92. The SMILES string of the molecule is COCCCCCNC(C)c1csc(C)n1. The van der Waals surface area contributed by atoms with Gasteiger partial charge in [0.05, 0.1) is 10.7 Å². The van der Waals surface area contributed by atoms with Gasteiger partial charge in [-0.2, -0.15) is 0 Å². The Morgan fingerprint density at radius 3 is 2.88 bits per heavy atom. The van der Waals surface area contributed by atoms with Crippen molar-refractivity contribution in [3.63, 3.8) is 0 Å². The van der Waals surface area contributed by atoms with Gasteiger partial charge in [0.25, 0.3) is 0 Å². The molecule has 1 rings (SSSR count). The van der Waals surface area contributed by atoms with Crippen LogP contribution in [0.25, 0.3) is 0 Å². The molecule has 16 heavy (non-hydrogen) atoms. The van der Waals surface area contributed by atoms with Crippen molar-refractivity contribution in [3.8, 4) is 0 Å². The molecule has 0 fully saturated rings. The Balaban J connectivity index is 2.09. The van der Waals surface area contributed by atoms with E-state index in [-0.39, 0.29) is 0 Å². The first-order valence-electron chi connectivity index (χ1n) is 5.88. The number of hydrogen-bond donors (Lipinski definition) is 1. The molecule has 4 heteroatoms. The lowest BCUT2D eigenvalue weighted by Gasteiger charge is -2.11. The second kappa shape index (κ2) is 7.76. The highest BCUT2D eigenvalue weighted by Crippen LogP contribution is 2.15. The Morgan fingerprint density at radius 1 is 1.44 bits per heavy atom. The van der Waals surface area contributed by atoms with Crippen LogP contribution in [0.5, 0.6) is 0 Å². The second-order valence-electron chi connectivity index (χ2n) is 4.02. The number of hydrogen-bond acceptors (Lipinski definition) is 4. The summed E-state index contributed by atoms with van der Waals surface area (Å²) in [6.07, 6.45) is 3.59. The van der Waals surface area contributed by atoms with Gasteiger partial charge in [0.1, 0.15) is 0 Å². The van der Waals surface area contributed by atoms with E-state index in [1.807, 2.05) is 6.92 Å². The van der Waals surface area contributed by atoms with Gasteiger partial charge in [-0.05, 0) is 39.7 Å². The number of nitrogens with zero attached hydrogens (tertiary/aromatic N) is 1. The van der Waals surface area contributed by atoms with E-state index in [4.69, 9.17) is 4.74 Å². The van der Waals surface area contributed by atoms with E-state index >= 15 is 0 Å². The standard InChI is InChI=1S/C12H22N2OS/c1-10(12-9-16-11(2)14-12)13-7-5-4-6-8-15-3/h9-10,13H,4-8H2,1-3H3. The van der Waals surface area contributed by atoms with E-state index in [2.05, 4.69) is 22.6 Å². The van der Waals surface area contributed by atoms with Gasteiger partial charge in [0, 0.05) is 25.1 Å². The fraction of sp³-hybridized carbons (Fsp3) is 0.750. The molecule has 0 spiro atoms. The molecule has 0 aromatic carbocycles. The highest BCUT2D eigenvalue weighted by molar-refractivity contribution is 7.09. The summed E-state index contributed by atoms with van der Waals surface area (Å²) < 4.78 is 5.01. The Hall–Kier alpha value is -0.450. The fourth-order valence-corrected chi connectivity index (χ4v) is 2.26. The van der Waals surface area contributed by atoms with E-state index in [1.54, 1.807) is 18.4 Å². The van der Waals surface area contributed by atoms with E-state index in [1.165, 1.54) is 18.5 Å². The Kier molecular flexibility index (Phi) is 6.61. The summed E-state index contributed by atoms with van der Waals surface area (Å²) in [4.78, 5) is 4.47. The molecule has 0 aliphatic carbocycles. The summed E-state index contributed by atoms with van der Waals surface area (Å²) >= 11 is 1.72. The van der Waals surface area contributed by atoms with Gasteiger partial charge in [0.2, 0.25) is 0 Å². The second-order valence-corrected chi connectivity index (χ2v) is 5.08. The van der Waals surface area contributed by atoms with Crippen molar-refractivity contribution in [2.75, 3.05) is 20.3 Å². The largest absolute Gasteiger partial charge is 0.385 e. The van der Waals surface area contributed by atoms with Crippen LogP contribution in [0.3, 0.4) is 0 Å². The minimum Gasteiger partial charge on any atom is -0.385 e. The van der Waals surface area contributed by atoms with Crippen LogP contribution >= 0.6 is 11.3 Å². The molecule has 0 radical (unpaired) electrons. The van der Waals surface area contributed by atoms with Crippen LogP contribution in [0.4, 0.5) is 0 Å². The summed E-state index contributed by atoms with van der Waals surface area (Å²) in [6.45, 7) is 6.15. The molecule has 92 valence electrons. The molecule has 0 amide bonds. The molecule has 1 heterocycles. The van der Waals surface area contributed by atoms with Crippen LogP contribution in [0.1, 0.15) is 42.9 Å². The topological polar surface area (TPSA) is 34.1 Å². The summed E-state index contributed by atoms with van der Waals surface area (Å²) in [6, 6.07) is 0.368. The van der Waals surface area contributed by atoms with Gasteiger partial charge < -0.3 is 10.1 Å². The molecule has 3 nitrogen and oxygen atoms in total. The van der Waals surface area contributed by atoms with Gasteiger partial charge in [-0.1, -0.05) is 0 Å². The zero-order valence-electron chi connectivity index (χ0n) is 10.5. The number of methoxy groups -OCH3 is 1. The highest BCUT2D eigenvalue weighted by Gasteiger charge is 2.07. The first-order valence-corrected chi connectivity index (χ1v) is 6.76. The van der Waals surface area contributed by atoms with Crippen LogP contribution in [0.2, 0.25) is 0 Å². The van der Waals surface area contributed by atoms with Crippen molar-refractivity contribution in [3.05, 3.63) is 16.1 Å². The quantitative estimate of drug-likeness (QED) is 0.712. The molecule has 1 aromatic heterocycles. The molecular formula is C12H22N2OS. The van der Waals surface area contributed by atoms with Crippen molar-refractivity contribution in [2.24, 2.45) is 0 Å². The first kappa shape index (κ1) is 13.6. The van der Waals surface area contributed by atoms with Crippen molar-refractivity contribution in [1.29, 1.82) is 0 Å². The molecule has 0 aliphatic rings. The number of aryl methyl sites for hydroxylation is 1. The highest BCUT2D eigenvalue weighted by atomic mass is 32.1. The van der Waals surface area contributed by atoms with Crippen LogP contribution < -0.4 is 5.32 Å². The molecule has 0 aliphatic heterocycles. The number of aromatic nitrogens is 1. The van der Waals surface area contributed by atoms with E-state index in [9.17, 15) is 0 Å². The Labute approximate surface area is 102 Å². The van der Waals surface area contributed by atoms with Gasteiger partial charge in [-0.3, -0.25) is 0 Å². The zero-order chi connectivity index (χ0) is 11.8. The minimum absolute atomic E-state index is 0.368. The van der Waals surface area contributed by atoms with E-state index < -0.39 is 0 Å². The summed E-state index contributed by atoms with van der Waals surface area (Å²) in [7, 11) is 1.75.